The average molecular weight is 252 g/mol. The van der Waals surface area contributed by atoms with Crippen LogP contribution in [0.1, 0.15) is 29.6 Å². The lowest BCUT2D eigenvalue weighted by Crippen LogP contribution is -2.35. The van der Waals surface area contributed by atoms with Gasteiger partial charge in [0, 0.05) is 6.04 Å². The predicted octanol–water partition coefficient (Wildman–Crippen LogP) is 1.40. The highest BCUT2D eigenvalue weighted by atomic mass is 19.1. The van der Waals surface area contributed by atoms with E-state index in [2.05, 4.69) is 10.6 Å². The van der Waals surface area contributed by atoms with Crippen molar-refractivity contribution < 1.29 is 14.3 Å². The topological polar surface area (TPSA) is 61.4 Å². The summed E-state index contributed by atoms with van der Waals surface area (Å²) in [4.78, 5) is 11.9. The maximum atomic E-state index is 13.0. The van der Waals surface area contributed by atoms with E-state index in [-0.39, 0.29) is 17.4 Å². The van der Waals surface area contributed by atoms with Crippen molar-refractivity contribution in [2.75, 3.05) is 13.1 Å². The molecule has 0 aromatic heterocycles. The van der Waals surface area contributed by atoms with E-state index in [4.69, 9.17) is 0 Å². The summed E-state index contributed by atoms with van der Waals surface area (Å²) in [5, 5.41) is 15.6. The minimum atomic E-state index is -0.527. The molecule has 0 bridgehead atoms. The predicted molar refractivity (Wildman–Crippen MR) is 66.0 cm³/mol. The van der Waals surface area contributed by atoms with Gasteiger partial charge in [0.1, 0.15) is 11.6 Å². The number of hydrogen-bond donors (Lipinski definition) is 3. The number of carbonyl (C=O) groups excluding carboxylic acids is 1. The molecule has 1 heterocycles. The molecule has 98 valence electrons. The monoisotopic (exact) mass is 252 g/mol. The highest BCUT2D eigenvalue weighted by Gasteiger charge is 2.18. The first-order valence-corrected chi connectivity index (χ1v) is 6.17. The van der Waals surface area contributed by atoms with Crippen LogP contribution in [-0.2, 0) is 0 Å². The fraction of sp³-hybridized carbons (Fsp3) is 0.462. The smallest absolute Gasteiger partial charge is 0.255 e. The molecule has 18 heavy (non-hydrogen) atoms. The highest BCUT2D eigenvalue weighted by molar-refractivity contribution is 5.96. The molecule has 4 nitrogen and oxygen atoms in total. The number of aromatic hydroxyl groups is 1. The molecule has 0 radical (unpaired) electrons. The van der Waals surface area contributed by atoms with Crippen molar-refractivity contribution in [1.82, 2.24) is 10.6 Å². The van der Waals surface area contributed by atoms with Gasteiger partial charge in [0.2, 0.25) is 0 Å². The summed E-state index contributed by atoms with van der Waals surface area (Å²) >= 11 is 0. The van der Waals surface area contributed by atoms with E-state index in [1.165, 1.54) is 6.07 Å². The molecule has 1 atom stereocenters. The van der Waals surface area contributed by atoms with Crippen molar-refractivity contribution >= 4 is 5.91 Å². The molecule has 0 saturated carbocycles. The summed E-state index contributed by atoms with van der Waals surface area (Å²) in [5.41, 5.74) is -0.00722. The van der Waals surface area contributed by atoms with E-state index < -0.39 is 11.7 Å². The van der Waals surface area contributed by atoms with Crippen LogP contribution in [0.15, 0.2) is 18.2 Å². The van der Waals surface area contributed by atoms with Gasteiger partial charge in [0.15, 0.2) is 0 Å². The standard InChI is InChI=1S/C13H17FN2O2/c14-9-3-4-12(17)11(8-9)13(18)16-10-2-1-6-15-7-5-10/h3-4,8,10,15,17H,1-2,5-7H2,(H,16,18). The van der Waals surface area contributed by atoms with Crippen LogP contribution in [0.4, 0.5) is 4.39 Å². The number of carbonyl (C=O) groups is 1. The number of halogens is 1. The van der Waals surface area contributed by atoms with Crippen molar-refractivity contribution in [3.05, 3.63) is 29.6 Å². The Morgan fingerprint density at radius 2 is 2.22 bits per heavy atom. The Labute approximate surface area is 105 Å². The van der Waals surface area contributed by atoms with Gasteiger partial charge in [-0.05, 0) is 50.6 Å². The van der Waals surface area contributed by atoms with Crippen LogP contribution in [0, 0.1) is 5.82 Å². The van der Waals surface area contributed by atoms with Crippen LogP contribution in [0.25, 0.3) is 0 Å². The Bertz CT molecular complexity index is 429. The number of phenols is 1. The van der Waals surface area contributed by atoms with Gasteiger partial charge in [-0.25, -0.2) is 4.39 Å². The van der Waals surface area contributed by atoms with Crippen LogP contribution in [0.2, 0.25) is 0 Å². The summed E-state index contributed by atoms with van der Waals surface area (Å²) < 4.78 is 13.0. The molecular formula is C13H17FN2O2. The van der Waals surface area contributed by atoms with E-state index in [1.807, 2.05) is 0 Å². The number of nitrogens with one attached hydrogen (secondary N) is 2. The maximum absolute atomic E-state index is 13.0. The Balaban J connectivity index is 2.04. The summed E-state index contributed by atoms with van der Waals surface area (Å²) in [6, 6.07) is 3.45. The molecule has 3 N–H and O–H groups in total. The molecule has 1 amide bonds. The lowest BCUT2D eigenvalue weighted by molar-refractivity contribution is 0.0931. The summed E-state index contributed by atoms with van der Waals surface area (Å²) in [6.45, 7) is 1.82. The summed E-state index contributed by atoms with van der Waals surface area (Å²) in [5.74, 6) is -1.14. The fourth-order valence-corrected chi connectivity index (χ4v) is 2.12. The van der Waals surface area contributed by atoms with Gasteiger partial charge >= 0.3 is 0 Å². The van der Waals surface area contributed by atoms with E-state index >= 15 is 0 Å². The zero-order valence-electron chi connectivity index (χ0n) is 10.1. The molecule has 5 heteroatoms. The van der Waals surface area contributed by atoms with Gasteiger partial charge in [0.05, 0.1) is 5.56 Å². The van der Waals surface area contributed by atoms with Crippen LogP contribution < -0.4 is 10.6 Å². The van der Waals surface area contributed by atoms with Gasteiger partial charge in [-0.3, -0.25) is 4.79 Å². The Hall–Kier alpha value is -1.62. The number of hydrogen-bond acceptors (Lipinski definition) is 3. The van der Waals surface area contributed by atoms with Gasteiger partial charge in [-0.15, -0.1) is 0 Å². The largest absolute Gasteiger partial charge is 0.507 e. The number of phenolic OH excluding ortho intramolecular Hbond substituents is 1. The zero-order chi connectivity index (χ0) is 13.0. The second kappa shape index (κ2) is 5.82. The van der Waals surface area contributed by atoms with Crippen molar-refractivity contribution in [3.63, 3.8) is 0 Å². The molecule has 1 aliphatic heterocycles. The first-order valence-electron chi connectivity index (χ1n) is 6.17. The van der Waals surface area contributed by atoms with Crippen LogP contribution in [-0.4, -0.2) is 30.1 Å². The Morgan fingerprint density at radius 1 is 1.39 bits per heavy atom. The second-order valence-electron chi connectivity index (χ2n) is 4.51. The average Bonchev–Trinajstić information content (AvgIpc) is 2.61. The molecule has 0 spiro atoms. The molecule has 1 saturated heterocycles. The third-order valence-corrected chi connectivity index (χ3v) is 3.11. The molecular weight excluding hydrogens is 235 g/mol. The van der Waals surface area contributed by atoms with E-state index in [0.29, 0.717) is 0 Å². The fourth-order valence-electron chi connectivity index (χ4n) is 2.12. The minimum absolute atomic E-state index is 0.00722. The molecule has 2 rings (SSSR count). The summed E-state index contributed by atoms with van der Waals surface area (Å²) in [7, 11) is 0. The molecule has 1 fully saturated rings. The zero-order valence-corrected chi connectivity index (χ0v) is 10.1. The summed E-state index contributed by atoms with van der Waals surface area (Å²) in [6.07, 6.45) is 2.75. The lowest BCUT2D eigenvalue weighted by atomic mass is 10.1. The third-order valence-electron chi connectivity index (χ3n) is 3.11. The maximum Gasteiger partial charge on any atom is 0.255 e. The normalized spacial score (nSPS) is 20.2. The lowest BCUT2D eigenvalue weighted by Gasteiger charge is -2.16. The molecule has 1 aliphatic rings. The van der Waals surface area contributed by atoms with Gasteiger partial charge in [-0.2, -0.15) is 0 Å². The van der Waals surface area contributed by atoms with Crippen molar-refractivity contribution in [1.29, 1.82) is 0 Å². The minimum Gasteiger partial charge on any atom is -0.507 e. The molecule has 1 unspecified atom stereocenters. The quantitative estimate of drug-likeness (QED) is 0.745. The van der Waals surface area contributed by atoms with Crippen molar-refractivity contribution in [2.24, 2.45) is 0 Å². The second-order valence-corrected chi connectivity index (χ2v) is 4.51. The Kier molecular flexibility index (Phi) is 4.15. The molecule has 1 aromatic carbocycles. The van der Waals surface area contributed by atoms with Gasteiger partial charge < -0.3 is 15.7 Å². The number of benzene rings is 1. The molecule has 0 aliphatic carbocycles. The number of rotatable bonds is 2. The third kappa shape index (κ3) is 3.20. The van der Waals surface area contributed by atoms with Crippen molar-refractivity contribution in [3.8, 4) is 5.75 Å². The first kappa shape index (κ1) is 12.8. The van der Waals surface area contributed by atoms with Crippen LogP contribution >= 0.6 is 0 Å². The SMILES string of the molecule is O=C(NC1CCCNCC1)c1cc(F)ccc1O. The Morgan fingerprint density at radius 3 is 3.06 bits per heavy atom. The van der Waals surface area contributed by atoms with Crippen LogP contribution in [0.3, 0.4) is 0 Å². The van der Waals surface area contributed by atoms with Gasteiger partial charge in [-0.1, -0.05) is 0 Å². The first-order chi connectivity index (χ1) is 8.66. The van der Waals surface area contributed by atoms with Crippen LogP contribution in [0.5, 0.6) is 5.75 Å². The number of amides is 1. The molecule has 1 aromatic rings. The van der Waals surface area contributed by atoms with Crippen molar-refractivity contribution in [2.45, 2.75) is 25.3 Å². The van der Waals surface area contributed by atoms with Gasteiger partial charge in [0.25, 0.3) is 5.91 Å². The van der Waals surface area contributed by atoms with E-state index in [0.717, 1.165) is 44.5 Å². The van der Waals surface area contributed by atoms with E-state index in [9.17, 15) is 14.3 Å². The highest BCUT2D eigenvalue weighted by Crippen LogP contribution is 2.18. The van der Waals surface area contributed by atoms with E-state index in [1.54, 1.807) is 0 Å².